The normalized spacial score (nSPS) is 16.9. The lowest BCUT2D eigenvalue weighted by atomic mass is 10.1. The average Bonchev–Trinajstić information content (AvgIpc) is 3.05. The Labute approximate surface area is 150 Å². The Hall–Kier alpha value is -3.21. The van der Waals surface area contributed by atoms with Crippen LogP contribution in [0, 0.1) is 11.7 Å². The van der Waals surface area contributed by atoms with Crippen LogP contribution in [-0.4, -0.2) is 18.4 Å². The van der Waals surface area contributed by atoms with E-state index in [4.69, 9.17) is 0 Å². The number of carbonyl (C=O) groups excluding carboxylic acids is 2. The summed E-state index contributed by atoms with van der Waals surface area (Å²) >= 11 is 0. The van der Waals surface area contributed by atoms with Gasteiger partial charge in [-0.15, -0.1) is 0 Å². The molecule has 4 rings (SSSR count). The Bertz CT molecular complexity index is 979. The summed E-state index contributed by atoms with van der Waals surface area (Å²) in [6.07, 6.45) is 0.147. The first-order valence-corrected chi connectivity index (χ1v) is 8.46. The lowest BCUT2D eigenvalue weighted by Crippen LogP contribution is -2.28. The molecule has 1 aliphatic rings. The Morgan fingerprint density at radius 1 is 1.00 bits per heavy atom. The van der Waals surface area contributed by atoms with Gasteiger partial charge in [-0.05, 0) is 35.7 Å². The molecule has 130 valence electrons. The molecular formula is C21H17FN2O2. The fraction of sp³-hybridized carbons (Fsp3) is 0.143. The first-order chi connectivity index (χ1) is 12.6. The van der Waals surface area contributed by atoms with E-state index in [9.17, 15) is 14.0 Å². The largest absolute Gasteiger partial charge is 0.325 e. The van der Waals surface area contributed by atoms with Gasteiger partial charge in [0.15, 0.2) is 0 Å². The molecule has 0 unspecified atom stereocenters. The number of hydrogen-bond donors (Lipinski definition) is 1. The fourth-order valence-corrected chi connectivity index (χ4v) is 3.32. The van der Waals surface area contributed by atoms with E-state index in [1.54, 1.807) is 12.1 Å². The van der Waals surface area contributed by atoms with Crippen LogP contribution in [0.2, 0.25) is 0 Å². The second kappa shape index (κ2) is 6.59. The van der Waals surface area contributed by atoms with Crippen LogP contribution < -0.4 is 10.2 Å². The number of hydrogen-bond acceptors (Lipinski definition) is 2. The van der Waals surface area contributed by atoms with Crippen LogP contribution in [0.5, 0.6) is 0 Å². The zero-order chi connectivity index (χ0) is 18.1. The molecule has 1 N–H and O–H groups in total. The van der Waals surface area contributed by atoms with Gasteiger partial charge in [-0.3, -0.25) is 9.59 Å². The maximum atomic E-state index is 13.1. The van der Waals surface area contributed by atoms with Gasteiger partial charge in [-0.2, -0.15) is 0 Å². The van der Waals surface area contributed by atoms with E-state index >= 15 is 0 Å². The van der Waals surface area contributed by atoms with Crippen molar-refractivity contribution in [3.05, 3.63) is 72.5 Å². The van der Waals surface area contributed by atoms with Gasteiger partial charge in [0.05, 0.1) is 5.92 Å². The molecule has 1 fully saturated rings. The van der Waals surface area contributed by atoms with Crippen LogP contribution in [0.3, 0.4) is 0 Å². The Kier molecular flexibility index (Phi) is 4.13. The van der Waals surface area contributed by atoms with E-state index in [1.165, 1.54) is 17.0 Å². The van der Waals surface area contributed by atoms with Crippen LogP contribution in [0.25, 0.3) is 10.8 Å². The minimum absolute atomic E-state index is 0.130. The van der Waals surface area contributed by atoms with Crippen LogP contribution in [0.1, 0.15) is 6.42 Å². The standard InChI is InChI=1S/C21H17FN2O2/c22-16-8-10-17(11-9-16)24-13-15(12-20(24)25)21(26)23-19-7-3-5-14-4-1-2-6-18(14)19/h1-11,15H,12-13H2,(H,23,26)/t15-/m1/s1. The third kappa shape index (κ3) is 3.04. The van der Waals surface area contributed by atoms with Crippen molar-refractivity contribution in [2.75, 3.05) is 16.8 Å². The van der Waals surface area contributed by atoms with Crippen molar-refractivity contribution >= 4 is 34.0 Å². The number of rotatable bonds is 3. The lowest BCUT2D eigenvalue weighted by Gasteiger charge is -2.17. The number of nitrogens with one attached hydrogen (secondary N) is 1. The quantitative estimate of drug-likeness (QED) is 0.779. The first-order valence-electron chi connectivity index (χ1n) is 8.46. The minimum Gasteiger partial charge on any atom is -0.325 e. The van der Waals surface area contributed by atoms with Gasteiger partial charge in [0.25, 0.3) is 0 Å². The summed E-state index contributed by atoms with van der Waals surface area (Å²) in [5, 5.41) is 4.95. The van der Waals surface area contributed by atoms with Crippen molar-refractivity contribution < 1.29 is 14.0 Å². The van der Waals surface area contributed by atoms with E-state index in [-0.39, 0.29) is 24.1 Å². The van der Waals surface area contributed by atoms with E-state index in [1.807, 2.05) is 42.5 Å². The van der Waals surface area contributed by atoms with Crippen molar-refractivity contribution in [1.82, 2.24) is 0 Å². The van der Waals surface area contributed by atoms with E-state index in [0.29, 0.717) is 12.2 Å². The van der Waals surface area contributed by atoms with Crippen molar-refractivity contribution in [2.45, 2.75) is 6.42 Å². The molecule has 1 saturated heterocycles. The zero-order valence-electron chi connectivity index (χ0n) is 14.0. The molecule has 1 atom stereocenters. The first kappa shape index (κ1) is 16.3. The average molecular weight is 348 g/mol. The van der Waals surface area contributed by atoms with E-state index < -0.39 is 5.92 Å². The molecule has 3 aromatic rings. The van der Waals surface area contributed by atoms with Crippen LogP contribution in [-0.2, 0) is 9.59 Å². The minimum atomic E-state index is -0.438. The van der Waals surface area contributed by atoms with Gasteiger partial charge < -0.3 is 10.2 Å². The molecule has 26 heavy (non-hydrogen) atoms. The molecule has 1 aliphatic heterocycles. The lowest BCUT2D eigenvalue weighted by molar-refractivity contribution is -0.122. The highest BCUT2D eigenvalue weighted by molar-refractivity contribution is 6.06. The molecule has 4 nitrogen and oxygen atoms in total. The molecule has 0 spiro atoms. The second-order valence-corrected chi connectivity index (χ2v) is 6.40. The monoisotopic (exact) mass is 348 g/mol. The number of fused-ring (bicyclic) bond motifs is 1. The predicted octanol–water partition coefficient (Wildman–Crippen LogP) is 3.97. The molecule has 1 heterocycles. The highest BCUT2D eigenvalue weighted by Gasteiger charge is 2.35. The topological polar surface area (TPSA) is 49.4 Å². The Morgan fingerprint density at radius 3 is 2.54 bits per heavy atom. The van der Waals surface area contributed by atoms with Crippen molar-refractivity contribution in [1.29, 1.82) is 0 Å². The summed E-state index contributed by atoms with van der Waals surface area (Å²) in [6, 6.07) is 19.3. The molecule has 0 aliphatic carbocycles. The molecule has 5 heteroatoms. The maximum absolute atomic E-state index is 13.1. The van der Waals surface area contributed by atoms with E-state index in [2.05, 4.69) is 5.32 Å². The maximum Gasteiger partial charge on any atom is 0.229 e. The third-order valence-electron chi connectivity index (χ3n) is 4.68. The number of carbonyl (C=O) groups is 2. The van der Waals surface area contributed by atoms with Crippen LogP contribution in [0.4, 0.5) is 15.8 Å². The summed E-state index contributed by atoms with van der Waals surface area (Å²) in [7, 11) is 0. The SMILES string of the molecule is O=C(Nc1cccc2ccccc12)[C@@H]1CC(=O)N(c2ccc(F)cc2)C1. The number of nitrogens with zero attached hydrogens (tertiary/aromatic N) is 1. The molecule has 0 aromatic heterocycles. The number of halogens is 1. The molecule has 3 aromatic carbocycles. The van der Waals surface area contributed by atoms with Gasteiger partial charge in [0.1, 0.15) is 5.82 Å². The summed E-state index contributed by atoms with van der Waals surface area (Å²) < 4.78 is 13.1. The van der Waals surface area contributed by atoms with Gasteiger partial charge in [-0.25, -0.2) is 4.39 Å². The van der Waals surface area contributed by atoms with Gasteiger partial charge >= 0.3 is 0 Å². The molecule has 0 saturated carbocycles. The zero-order valence-corrected chi connectivity index (χ0v) is 14.0. The third-order valence-corrected chi connectivity index (χ3v) is 4.68. The van der Waals surface area contributed by atoms with Crippen LogP contribution in [0.15, 0.2) is 66.7 Å². The van der Waals surface area contributed by atoms with Crippen molar-refractivity contribution in [3.8, 4) is 0 Å². The van der Waals surface area contributed by atoms with Gasteiger partial charge in [0.2, 0.25) is 11.8 Å². The van der Waals surface area contributed by atoms with Crippen LogP contribution >= 0.6 is 0 Å². The summed E-state index contributed by atoms with van der Waals surface area (Å²) in [4.78, 5) is 26.5. The highest BCUT2D eigenvalue weighted by atomic mass is 19.1. The summed E-state index contributed by atoms with van der Waals surface area (Å²) in [5.74, 6) is -1.11. The Balaban J connectivity index is 1.52. The molecule has 0 bridgehead atoms. The Morgan fingerprint density at radius 2 is 1.73 bits per heavy atom. The number of anilines is 2. The summed E-state index contributed by atoms with van der Waals surface area (Å²) in [5.41, 5.74) is 1.35. The summed E-state index contributed by atoms with van der Waals surface area (Å²) in [6.45, 7) is 0.293. The van der Waals surface area contributed by atoms with Crippen molar-refractivity contribution in [2.24, 2.45) is 5.92 Å². The molecular weight excluding hydrogens is 331 g/mol. The smallest absolute Gasteiger partial charge is 0.229 e. The fourth-order valence-electron chi connectivity index (χ4n) is 3.32. The van der Waals surface area contributed by atoms with E-state index in [0.717, 1.165) is 16.5 Å². The van der Waals surface area contributed by atoms with Gasteiger partial charge in [-0.1, -0.05) is 36.4 Å². The highest BCUT2D eigenvalue weighted by Crippen LogP contribution is 2.28. The number of amides is 2. The van der Waals surface area contributed by atoms with Crippen molar-refractivity contribution in [3.63, 3.8) is 0 Å². The number of benzene rings is 3. The molecule has 0 radical (unpaired) electrons. The van der Waals surface area contributed by atoms with Gasteiger partial charge in [0, 0.05) is 29.7 Å². The second-order valence-electron chi connectivity index (χ2n) is 6.40. The predicted molar refractivity (Wildman–Crippen MR) is 99.4 cm³/mol. The molecule has 2 amide bonds.